The van der Waals surface area contributed by atoms with Gasteiger partial charge in [-0.3, -0.25) is 20.4 Å². The van der Waals surface area contributed by atoms with Crippen molar-refractivity contribution in [2.45, 2.75) is 12.1 Å². The molecule has 1 aromatic carbocycles. The van der Waals surface area contributed by atoms with Crippen molar-refractivity contribution < 1.29 is 9.59 Å². The summed E-state index contributed by atoms with van der Waals surface area (Å²) >= 11 is 1.25. The van der Waals surface area contributed by atoms with Gasteiger partial charge in [-0.15, -0.1) is 10.2 Å². The van der Waals surface area contributed by atoms with Crippen LogP contribution in [-0.2, 0) is 16.6 Å². The molecular formula is C13H15N5O2S. The predicted octanol–water partition coefficient (Wildman–Crippen LogP) is 0.742. The molecule has 110 valence electrons. The highest BCUT2D eigenvalue weighted by Gasteiger charge is 2.12. The Kier molecular flexibility index (Phi) is 4.94. The van der Waals surface area contributed by atoms with E-state index in [2.05, 4.69) is 21.0 Å². The maximum absolute atomic E-state index is 11.5. The van der Waals surface area contributed by atoms with Gasteiger partial charge >= 0.3 is 0 Å². The lowest BCUT2D eigenvalue weighted by Crippen LogP contribution is -2.41. The van der Waals surface area contributed by atoms with Crippen molar-refractivity contribution in [2.24, 2.45) is 7.05 Å². The third-order valence-corrected chi connectivity index (χ3v) is 3.60. The average Bonchev–Trinajstić information content (AvgIpc) is 2.85. The zero-order valence-electron chi connectivity index (χ0n) is 11.7. The molecule has 1 heterocycles. The molecule has 2 rings (SSSR count). The molecule has 0 aliphatic rings. The van der Waals surface area contributed by atoms with Crippen LogP contribution in [0.25, 0.3) is 11.4 Å². The minimum absolute atomic E-state index is 0.140. The maximum atomic E-state index is 11.5. The van der Waals surface area contributed by atoms with Crippen molar-refractivity contribution in [1.82, 2.24) is 25.6 Å². The molecule has 0 saturated carbocycles. The first-order valence-electron chi connectivity index (χ1n) is 6.21. The van der Waals surface area contributed by atoms with Crippen LogP contribution in [0.4, 0.5) is 0 Å². The van der Waals surface area contributed by atoms with Crippen LogP contribution in [0, 0.1) is 0 Å². The van der Waals surface area contributed by atoms with E-state index in [4.69, 9.17) is 0 Å². The van der Waals surface area contributed by atoms with Crippen molar-refractivity contribution >= 4 is 23.6 Å². The molecule has 0 atom stereocenters. The number of thioether (sulfide) groups is 1. The van der Waals surface area contributed by atoms with Crippen molar-refractivity contribution in [2.75, 3.05) is 5.75 Å². The Morgan fingerprint density at radius 1 is 1.19 bits per heavy atom. The van der Waals surface area contributed by atoms with E-state index in [1.807, 2.05) is 41.9 Å². The Morgan fingerprint density at radius 3 is 2.57 bits per heavy atom. The standard InChI is InChI=1S/C13H15N5O2S/c1-9(19)14-15-11(20)8-21-13-17-16-12(18(13)2)10-6-4-3-5-7-10/h3-7H,8H2,1-2H3,(H,14,19)(H,15,20). The molecule has 0 bridgehead atoms. The van der Waals surface area contributed by atoms with Gasteiger partial charge < -0.3 is 4.57 Å². The summed E-state index contributed by atoms with van der Waals surface area (Å²) in [7, 11) is 1.84. The summed E-state index contributed by atoms with van der Waals surface area (Å²) < 4.78 is 1.83. The minimum Gasteiger partial charge on any atom is -0.305 e. The quantitative estimate of drug-likeness (QED) is 0.642. The van der Waals surface area contributed by atoms with Crippen LogP contribution in [0.3, 0.4) is 0 Å². The summed E-state index contributed by atoms with van der Waals surface area (Å²) in [5, 5.41) is 8.83. The summed E-state index contributed by atoms with van der Waals surface area (Å²) in [6, 6.07) is 9.68. The fourth-order valence-electron chi connectivity index (χ4n) is 1.60. The van der Waals surface area contributed by atoms with Gasteiger partial charge in [0.05, 0.1) is 5.75 Å². The molecule has 0 saturated heterocycles. The van der Waals surface area contributed by atoms with Crippen LogP contribution in [0.15, 0.2) is 35.5 Å². The normalized spacial score (nSPS) is 10.2. The summed E-state index contributed by atoms with van der Waals surface area (Å²) in [5.41, 5.74) is 5.49. The number of hydrogen-bond donors (Lipinski definition) is 2. The van der Waals surface area contributed by atoms with Crippen LogP contribution < -0.4 is 10.9 Å². The van der Waals surface area contributed by atoms with Crippen LogP contribution in [0.2, 0.25) is 0 Å². The SMILES string of the molecule is CC(=O)NNC(=O)CSc1nnc(-c2ccccc2)n1C. The van der Waals surface area contributed by atoms with Crippen LogP contribution >= 0.6 is 11.8 Å². The second-order valence-electron chi connectivity index (χ2n) is 4.25. The fraction of sp³-hybridized carbons (Fsp3) is 0.231. The Balaban J connectivity index is 1.98. The summed E-state index contributed by atoms with van der Waals surface area (Å²) in [6.07, 6.45) is 0. The third kappa shape index (κ3) is 4.06. The Bertz CT molecular complexity index is 641. The zero-order chi connectivity index (χ0) is 15.2. The molecule has 1 aromatic heterocycles. The number of carbonyl (C=O) groups excluding carboxylic acids is 2. The van der Waals surface area contributed by atoms with Gasteiger partial charge in [-0.2, -0.15) is 0 Å². The lowest BCUT2D eigenvalue weighted by molar-refractivity contribution is -0.126. The highest BCUT2D eigenvalue weighted by molar-refractivity contribution is 7.99. The monoisotopic (exact) mass is 305 g/mol. The first-order valence-corrected chi connectivity index (χ1v) is 7.19. The van der Waals surface area contributed by atoms with E-state index in [0.717, 1.165) is 11.4 Å². The maximum Gasteiger partial charge on any atom is 0.248 e. The van der Waals surface area contributed by atoms with Crippen LogP contribution in [0.1, 0.15) is 6.92 Å². The summed E-state index contributed by atoms with van der Waals surface area (Å²) in [5.74, 6) is 0.249. The van der Waals surface area contributed by atoms with Crippen molar-refractivity contribution in [1.29, 1.82) is 0 Å². The molecule has 0 fully saturated rings. The summed E-state index contributed by atoms with van der Waals surface area (Å²) in [4.78, 5) is 22.2. The molecule has 21 heavy (non-hydrogen) atoms. The van der Waals surface area contributed by atoms with Crippen molar-refractivity contribution in [3.8, 4) is 11.4 Å². The lowest BCUT2D eigenvalue weighted by Gasteiger charge is -2.05. The van der Waals surface area contributed by atoms with E-state index in [1.165, 1.54) is 18.7 Å². The van der Waals surface area contributed by atoms with E-state index >= 15 is 0 Å². The number of carbonyl (C=O) groups is 2. The molecule has 2 amide bonds. The molecule has 0 aliphatic heterocycles. The second-order valence-corrected chi connectivity index (χ2v) is 5.19. The van der Waals surface area contributed by atoms with Gasteiger partial charge in [-0.1, -0.05) is 42.1 Å². The lowest BCUT2D eigenvalue weighted by atomic mass is 10.2. The van der Waals surface area contributed by atoms with Crippen LogP contribution in [0.5, 0.6) is 0 Å². The van der Waals surface area contributed by atoms with Gasteiger partial charge in [0.2, 0.25) is 11.8 Å². The molecule has 2 N–H and O–H groups in total. The van der Waals surface area contributed by atoms with E-state index in [1.54, 1.807) is 0 Å². The van der Waals surface area contributed by atoms with Gasteiger partial charge in [0.15, 0.2) is 11.0 Å². The number of amides is 2. The Morgan fingerprint density at radius 2 is 1.90 bits per heavy atom. The predicted molar refractivity (Wildman–Crippen MR) is 79.1 cm³/mol. The van der Waals surface area contributed by atoms with Gasteiger partial charge in [0.25, 0.3) is 0 Å². The third-order valence-electron chi connectivity index (χ3n) is 2.58. The molecule has 0 unspecified atom stereocenters. The minimum atomic E-state index is -0.321. The fourth-order valence-corrected chi connectivity index (χ4v) is 2.31. The van der Waals surface area contributed by atoms with E-state index < -0.39 is 0 Å². The largest absolute Gasteiger partial charge is 0.305 e. The first kappa shape index (κ1) is 15.0. The van der Waals surface area contributed by atoms with Crippen molar-refractivity contribution in [3.05, 3.63) is 30.3 Å². The smallest absolute Gasteiger partial charge is 0.248 e. The average molecular weight is 305 g/mol. The van der Waals surface area contributed by atoms with Gasteiger partial charge in [0, 0.05) is 19.5 Å². The molecule has 8 heteroatoms. The molecule has 0 radical (unpaired) electrons. The molecular weight excluding hydrogens is 290 g/mol. The van der Waals surface area contributed by atoms with Crippen molar-refractivity contribution in [3.63, 3.8) is 0 Å². The molecule has 2 aromatic rings. The number of aromatic nitrogens is 3. The van der Waals surface area contributed by atoms with Crippen LogP contribution in [-0.4, -0.2) is 32.3 Å². The van der Waals surface area contributed by atoms with Gasteiger partial charge in [-0.25, -0.2) is 0 Å². The van der Waals surface area contributed by atoms with Gasteiger partial charge in [0.1, 0.15) is 0 Å². The zero-order valence-corrected chi connectivity index (χ0v) is 12.5. The summed E-state index contributed by atoms with van der Waals surface area (Å²) in [6.45, 7) is 1.32. The topological polar surface area (TPSA) is 88.9 Å². The number of nitrogens with zero attached hydrogens (tertiary/aromatic N) is 3. The number of rotatable bonds is 4. The molecule has 0 spiro atoms. The highest BCUT2D eigenvalue weighted by Crippen LogP contribution is 2.21. The highest BCUT2D eigenvalue weighted by atomic mass is 32.2. The Labute approximate surface area is 126 Å². The van der Waals surface area contributed by atoms with E-state index in [9.17, 15) is 9.59 Å². The number of nitrogens with one attached hydrogen (secondary N) is 2. The second kappa shape index (κ2) is 6.89. The van der Waals surface area contributed by atoms with E-state index in [-0.39, 0.29) is 17.6 Å². The number of benzene rings is 1. The number of hydrazine groups is 1. The van der Waals surface area contributed by atoms with Gasteiger partial charge in [-0.05, 0) is 0 Å². The Hall–Kier alpha value is -2.35. The molecule has 7 nitrogen and oxygen atoms in total. The molecule has 0 aliphatic carbocycles. The number of hydrogen-bond acceptors (Lipinski definition) is 5. The first-order chi connectivity index (χ1) is 10.1. The van der Waals surface area contributed by atoms with E-state index in [0.29, 0.717) is 5.16 Å².